The lowest BCUT2D eigenvalue weighted by Crippen LogP contribution is -2.39. The van der Waals surface area contributed by atoms with Crippen LogP contribution in [0.2, 0.25) is 0 Å². The largest absolute Gasteiger partial charge is 0.493 e. The van der Waals surface area contributed by atoms with Gasteiger partial charge in [-0.15, -0.1) is 6.58 Å². The molecule has 0 aliphatic rings. The Morgan fingerprint density at radius 2 is 1.95 bits per heavy atom. The molecule has 0 saturated heterocycles. The maximum Gasteiger partial charge on any atom is 0.471 e. The Morgan fingerprint density at radius 1 is 1.33 bits per heavy atom. The smallest absolute Gasteiger partial charge is 0.471 e. The van der Waals surface area contributed by atoms with Gasteiger partial charge >= 0.3 is 12.1 Å². The third-order valence-corrected chi connectivity index (χ3v) is 2.78. The lowest BCUT2D eigenvalue weighted by atomic mass is 10.0. The first-order valence-corrected chi connectivity index (χ1v) is 6.04. The fourth-order valence-corrected chi connectivity index (χ4v) is 1.75. The summed E-state index contributed by atoms with van der Waals surface area (Å²) in [5.74, 6) is -1.18. The van der Waals surface area contributed by atoms with Crippen molar-refractivity contribution >= 4 is 5.91 Å². The number of benzene rings is 1. The molecule has 1 rings (SSSR count). The van der Waals surface area contributed by atoms with Gasteiger partial charge in [0.05, 0.1) is 20.3 Å². The van der Waals surface area contributed by atoms with Gasteiger partial charge in [-0.1, -0.05) is 12.1 Å². The van der Waals surface area contributed by atoms with Crippen LogP contribution in [0.1, 0.15) is 18.0 Å². The lowest BCUT2D eigenvalue weighted by Gasteiger charge is -2.20. The summed E-state index contributed by atoms with van der Waals surface area (Å²) >= 11 is 0. The van der Waals surface area contributed by atoms with Crippen molar-refractivity contribution in [3.63, 3.8) is 0 Å². The highest BCUT2D eigenvalue weighted by molar-refractivity contribution is 5.82. The fraction of sp³-hybridized carbons (Fsp3) is 0.357. The molecule has 21 heavy (non-hydrogen) atoms. The summed E-state index contributed by atoms with van der Waals surface area (Å²) in [6.45, 7) is 3.48. The number of hydrogen-bond donors (Lipinski definition) is 1. The zero-order chi connectivity index (χ0) is 16.0. The minimum absolute atomic E-state index is 0.150. The lowest BCUT2D eigenvalue weighted by molar-refractivity contribution is -0.174. The second-order valence-electron chi connectivity index (χ2n) is 4.16. The third-order valence-electron chi connectivity index (χ3n) is 2.78. The Kier molecular flexibility index (Phi) is 5.63. The van der Waals surface area contributed by atoms with Gasteiger partial charge in [0.2, 0.25) is 0 Å². The number of nitrogens with one attached hydrogen (secondary N) is 1. The second kappa shape index (κ2) is 7.01. The molecule has 0 aromatic heterocycles. The first-order valence-electron chi connectivity index (χ1n) is 6.04. The molecule has 0 aliphatic heterocycles. The Labute approximate surface area is 120 Å². The van der Waals surface area contributed by atoms with Crippen molar-refractivity contribution in [3.8, 4) is 11.5 Å². The SMILES string of the molecule is C=CC[C@H](NC(=O)C(F)(F)F)c1ccc(OC)c(OC)c1. The Morgan fingerprint density at radius 3 is 2.43 bits per heavy atom. The summed E-state index contributed by atoms with van der Waals surface area (Å²) in [5.41, 5.74) is 0.463. The molecule has 0 unspecified atom stereocenters. The van der Waals surface area contributed by atoms with E-state index in [1.165, 1.54) is 26.4 Å². The number of carbonyl (C=O) groups is 1. The Hall–Kier alpha value is -2.18. The van der Waals surface area contributed by atoms with E-state index in [9.17, 15) is 18.0 Å². The number of carbonyl (C=O) groups excluding carboxylic acids is 1. The van der Waals surface area contributed by atoms with Gasteiger partial charge in [0.25, 0.3) is 0 Å². The molecule has 1 N–H and O–H groups in total. The van der Waals surface area contributed by atoms with Crippen LogP contribution in [-0.2, 0) is 4.79 Å². The molecule has 0 fully saturated rings. The van der Waals surface area contributed by atoms with E-state index in [-0.39, 0.29) is 6.42 Å². The van der Waals surface area contributed by atoms with Gasteiger partial charge in [0, 0.05) is 0 Å². The molecule has 0 aliphatic carbocycles. The molecule has 1 aromatic rings. The number of ether oxygens (including phenoxy) is 2. The van der Waals surface area contributed by atoms with Crippen LogP contribution in [0.15, 0.2) is 30.9 Å². The Bertz CT molecular complexity index is 515. The van der Waals surface area contributed by atoms with Crippen LogP contribution in [0.4, 0.5) is 13.2 Å². The van der Waals surface area contributed by atoms with E-state index >= 15 is 0 Å². The predicted molar refractivity (Wildman–Crippen MR) is 71.3 cm³/mol. The first-order chi connectivity index (χ1) is 9.83. The minimum Gasteiger partial charge on any atom is -0.493 e. The summed E-state index contributed by atoms with van der Waals surface area (Å²) in [7, 11) is 2.86. The van der Waals surface area contributed by atoms with Crippen LogP contribution < -0.4 is 14.8 Å². The molecule has 1 amide bonds. The number of rotatable bonds is 6. The normalized spacial score (nSPS) is 12.4. The van der Waals surface area contributed by atoms with Crippen molar-refractivity contribution in [1.82, 2.24) is 5.32 Å². The van der Waals surface area contributed by atoms with E-state index in [0.717, 1.165) is 0 Å². The van der Waals surface area contributed by atoms with Gasteiger partial charge in [0.1, 0.15) is 0 Å². The van der Waals surface area contributed by atoms with Crippen LogP contribution in [0.25, 0.3) is 0 Å². The van der Waals surface area contributed by atoms with E-state index < -0.39 is 18.1 Å². The number of halogens is 3. The van der Waals surface area contributed by atoms with Crippen molar-refractivity contribution < 1.29 is 27.4 Å². The molecule has 1 atom stereocenters. The number of amides is 1. The molecule has 0 spiro atoms. The summed E-state index contributed by atoms with van der Waals surface area (Å²) < 4.78 is 47.2. The molecular formula is C14H16F3NO3. The molecule has 0 saturated carbocycles. The second-order valence-corrected chi connectivity index (χ2v) is 4.16. The van der Waals surface area contributed by atoms with Crippen molar-refractivity contribution in [2.75, 3.05) is 14.2 Å². The van der Waals surface area contributed by atoms with Gasteiger partial charge in [0.15, 0.2) is 11.5 Å². The maximum absolute atomic E-state index is 12.3. The van der Waals surface area contributed by atoms with Gasteiger partial charge in [-0.25, -0.2) is 0 Å². The standard InChI is InChI=1S/C14H16F3NO3/c1-4-5-10(18-13(19)14(15,16)17)9-6-7-11(20-2)12(8-9)21-3/h4,6-8,10H,1,5H2,2-3H3,(H,18,19)/t10-/m0/s1. The molecular weight excluding hydrogens is 287 g/mol. The van der Waals surface area contributed by atoms with E-state index in [2.05, 4.69) is 6.58 Å². The van der Waals surface area contributed by atoms with Crippen molar-refractivity contribution in [3.05, 3.63) is 36.4 Å². The fourth-order valence-electron chi connectivity index (χ4n) is 1.75. The van der Waals surface area contributed by atoms with Crippen LogP contribution in [-0.4, -0.2) is 26.3 Å². The summed E-state index contributed by atoms with van der Waals surface area (Å²) in [6.07, 6.45) is -3.36. The molecule has 4 nitrogen and oxygen atoms in total. The molecule has 0 radical (unpaired) electrons. The predicted octanol–water partition coefficient (Wildman–Crippen LogP) is 3.00. The zero-order valence-electron chi connectivity index (χ0n) is 11.7. The van der Waals surface area contributed by atoms with Gasteiger partial charge in [-0.3, -0.25) is 4.79 Å². The minimum atomic E-state index is -4.93. The molecule has 7 heteroatoms. The van der Waals surface area contributed by atoms with Crippen LogP contribution in [0.3, 0.4) is 0 Å². The zero-order valence-corrected chi connectivity index (χ0v) is 11.7. The van der Waals surface area contributed by atoms with E-state index in [0.29, 0.717) is 17.1 Å². The highest BCUT2D eigenvalue weighted by Gasteiger charge is 2.39. The topological polar surface area (TPSA) is 47.6 Å². The first kappa shape index (κ1) is 16.9. The molecule has 116 valence electrons. The number of hydrogen-bond acceptors (Lipinski definition) is 3. The summed E-state index contributed by atoms with van der Waals surface area (Å²) in [4.78, 5) is 11.1. The van der Waals surface area contributed by atoms with Gasteiger partial charge in [-0.05, 0) is 24.1 Å². The molecule has 0 heterocycles. The maximum atomic E-state index is 12.3. The van der Waals surface area contributed by atoms with Crippen LogP contribution >= 0.6 is 0 Å². The summed E-state index contributed by atoms with van der Waals surface area (Å²) in [5, 5.41) is 1.93. The van der Waals surface area contributed by atoms with Gasteiger partial charge in [-0.2, -0.15) is 13.2 Å². The van der Waals surface area contributed by atoms with Crippen molar-refractivity contribution in [1.29, 1.82) is 0 Å². The van der Waals surface area contributed by atoms with E-state index in [4.69, 9.17) is 9.47 Å². The van der Waals surface area contributed by atoms with Crippen molar-refractivity contribution in [2.45, 2.75) is 18.6 Å². The quantitative estimate of drug-likeness (QED) is 0.822. The average Bonchev–Trinajstić information content (AvgIpc) is 2.44. The monoisotopic (exact) mass is 303 g/mol. The number of alkyl halides is 3. The highest BCUT2D eigenvalue weighted by Crippen LogP contribution is 2.31. The Balaban J connectivity index is 3.05. The average molecular weight is 303 g/mol. The third kappa shape index (κ3) is 4.40. The highest BCUT2D eigenvalue weighted by atomic mass is 19.4. The van der Waals surface area contributed by atoms with E-state index in [1.807, 2.05) is 5.32 Å². The van der Waals surface area contributed by atoms with Crippen LogP contribution in [0, 0.1) is 0 Å². The van der Waals surface area contributed by atoms with Crippen molar-refractivity contribution in [2.24, 2.45) is 0 Å². The number of methoxy groups -OCH3 is 2. The molecule has 0 bridgehead atoms. The summed E-state index contributed by atoms with van der Waals surface area (Å²) in [6, 6.07) is 3.79. The van der Waals surface area contributed by atoms with Crippen LogP contribution in [0.5, 0.6) is 11.5 Å². The van der Waals surface area contributed by atoms with Gasteiger partial charge < -0.3 is 14.8 Å². The molecule has 1 aromatic carbocycles. The van der Waals surface area contributed by atoms with E-state index in [1.54, 1.807) is 12.1 Å².